The molecule has 3 aromatic heterocycles. The van der Waals surface area contributed by atoms with Gasteiger partial charge in [0.2, 0.25) is 5.91 Å². The standard InChI is InChI=1S/C21H19N3O3S/c1-13(25)23-17-8-16(15-6-7-28-12-15)11-24-18(10-22-21(17)24)14-4-5-19(26-2)20(9-14)27-3/h4-12H,1-3H3,(H,23,25). The fraction of sp³-hybridized carbons (Fsp3) is 0.143. The number of hydrogen-bond acceptors (Lipinski definition) is 5. The van der Waals surface area contributed by atoms with E-state index in [9.17, 15) is 4.79 Å². The van der Waals surface area contributed by atoms with Gasteiger partial charge in [0.1, 0.15) is 0 Å². The van der Waals surface area contributed by atoms with Crippen molar-refractivity contribution in [3.63, 3.8) is 0 Å². The van der Waals surface area contributed by atoms with Crippen molar-refractivity contribution in [2.24, 2.45) is 0 Å². The fourth-order valence-corrected chi connectivity index (χ4v) is 3.83. The minimum Gasteiger partial charge on any atom is -0.493 e. The third-order valence-corrected chi connectivity index (χ3v) is 5.13. The van der Waals surface area contributed by atoms with Crippen molar-refractivity contribution < 1.29 is 14.3 Å². The Hall–Kier alpha value is -3.32. The summed E-state index contributed by atoms with van der Waals surface area (Å²) >= 11 is 1.63. The Labute approximate surface area is 166 Å². The van der Waals surface area contributed by atoms with Gasteiger partial charge in [-0.25, -0.2) is 4.98 Å². The van der Waals surface area contributed by atoms with Crippen LogP contribution in [0, 0.1) is 0 Å². The van der Waals surface area contributed by atoms with Crippen LogP contribution in [0.1, 0.15) is 6.92 Å². The fourth-order valence-electron chi connectivity index (χ4n) is 3.16. The Bertz CT molecular complexity index is 1150. The maximum atomic E-state index is 11.7. The average Bonchev–Trinajstić information content (AvgIpc) is 3.37. The first kappa shape index (κ1) is 18.1. The summed E-state index contributed by atoms with van der Waals surface area (Å²) in [7, 11) is 3.22. The molecule has 0 aliphatic rings. The zero-order valence-corrected chi connectivity index (χ0v) is 16.5. The summed E-state index contributed by atoms with van der Waals surface area (Å²) in [5.41, 5.74) is 5.26. The van der Waals surface area contributed by atoms with E-state index in [1.54, 1.807) is 31.8 Å². The zero-order chi connectivity index (χ0) is 19.7. The molecule has 28 heavy (non-hydrogen) atoms. The lowest BCUT2D eigenvalue weighted by atomic mass is 10.1. The quantitative estimate of drug-likeness (QED) is 0.533. The first-order valence-corrected chi connectivity index (χ1v) is 9.58. The van der Waals surface area contributed by atoms with Crippen molar-refractivity contribution in [2.75, 3.05) is 19.5 Å². The molecule has 1 aromatic carbocycles. The number of hydrogen-bond donors (Lipinski definition) is 1. The van der Waals surface area contributed by atoms with Gasteiger partial charge in [0.15, 0.2) is 17.1 Å². The molecule has 0 aliphatic heterocycles. The van der Waals surface area contributed by atoms with Crippen LogP contribution in [-0.2, 0) is 4.79 Å². The van der Waals surface area contributed by atoms with Crippen LogP contribution in [0.25, 0.3) is 28.0 Å². The van der Waals surface area contributed by atoms with E-state index in [0.29, 0.717) is 22.8 Å². The van der Waals surface area contributed by atoms with Crippen molar-refractivity contribution in [3.05, 3.63) is 53.5 Å². The lowest BCUT2D eigenvalue weighted by Gasteiger charge is -2.12. The number of benzene rings is 1. The van der Waals surface area contributed by atoms with E-state index in [2.05, 4.69) is 21.7 Å². The molecule has 3 heterocycles. The third kappa shape index (κ3) is 3.20. The van der Waals surface area contributed by atoms with Gasteiger partial charge < -0.3 is 14.8 Å². The lowest BCUT2D eigenvalue weighted by Crippen LogP contribution is -2.08. The van der Waals surface area contributed by atoms with E-state index in [1.165, 1.54) is 6.92 Å². The molecule has 0 fully saturated rings. The molecule has 0 spiro atoms. The minimum absolute atomic E-state index is 0.139. The molecular formula is C21H19N3O3S. The van der Waals surface area contributed by atoms with E-state index in [-0.39, 0.29) is 5.91 Å². The van der Waals surface area contributed by atoms with Gasteiger partial charge in [-0.15, -0.1) is 0 Å². The molecule has 1 N–H and O–H groups in total. The Balaban J connectivity index is 1.93. The molecule has 0 saturated heterocycles. The zero-order valence-electron chi connectivity index (χ0n) is 15.7. The molecule has 6 nitrogen and oxygen atoms in total. The summed E-state index contributed by atoms with van der Waals surface area (Å²) in [4.78, 5) is 16.3. The van der Waals surface area contributed by atoms with E-state index in [1.807, 2.05) is 40.2 Å². The van der Waals surface area contributed by atoms with Crippen molar-refractivity contribution in [1.29, 1.82) is 0 Å². The molecule has 7 heteroatoms. The number of methoxy groups -OCH3 is 2. The minimum atomic E-state index is -0.139. The summed E-state index contributed by atoms with van der Waals surface area (Å²) in [6.45, 7) is 1.49. The first-order chi connectivity index (χ1) is 13.6. The highest BCUT2D eigenvalue weighted by Gasteiger charge is 2.15. The van der Waals surface area contributed by atoms with Crippen LogP contribution >= 0.6 is 11.3 Å². The van der Waals surface area contributed by atoms with Gasteiger partial charge in [-0.1, -0.05) is 0 Å². The molecule has 4 aromatic rings. The highest BCUT2D eigenvalue weighted by atomic mass is 32.1. The number of ether oxygens (including phenoxy) is 2. The van der Waals surface area contributed by atoms with Gasteiger partial charge in [0.05, 0.1) is 31.8 Å². The molecule has 0 bridgehead atoms. The molecule has 4 rings (SSSR count). The third-order valence-electron chi connectivity index (χ3n) is 4.45. The summed E-state index contributed by atoms with van der Waals surface area (Å²) < 4.78 is 12.8. The SMILES string of the molecule is COc1ccc(-c2cnc3c(NC(C)=O)cc(-c4ccsc4)cn23)cc1OC. The Morgan fingerprint density at radius 1 is 1.07 bits per heavy atom. The van der Waals surface area contributed by atoms with Gasteiger partial charge in [-0.05, 0) is 46.7 Å². The number of imidazole rings is 1. The lowest BCUT2D eigenvalue weighted by molar-refractivity contribution is -0.114. The monoisotopic (exact) mass is 393 g/mol. The first-order valence-electron chi connectivity index (χ1n) is 8.64. The summed E-state index contributed by atoms with van der Waals surface area (Å²) in [6, 6.07) is 9.74. The highest BCUT2D eigenvalue weighted by Crippen LogP contribution is 2.35. The Morgan fingerprint density at radius 3 is 2.57 bits per heavy atom. The highest BCUT2D eigenvalue weighted by molar-refractivity contribution is 7.08. The summed E-state index contributed by atoms with van der Waals surface area (Å²) in [5.74, 6) is 1.17. The van der Waals surface area contributed by atoms with E-state index in [4.69, 9.17) is 9.47 Å². The average molecular weight is 393 g/mol. The molecule has 0 aliphatic carbocycles. The number of aromatic nitrogens is 2. The van der Waals surface area contributed by atoms with Crippen LogP contribution in [0.15, 0.2) is 53.5 Å². The van der Waals surface area contributed by atoms with Crippen LogP contribution in [0.2, 0.25) is 0 Å². The number of nitrogens with one attached hydrogen (secondary N) is 1. The number of thiophene rings is 1. The summed E-state index contributed by atoms with van der Waals surface area (Å²) in [6.07, 6.45) is 3.82. The van der Waals surface area contributed by atoms with Crippen molar-refractivity contribution in [1.82, 2.24) is 9.38 Å². The normalized spacial score (nSPS) is 10.8. The number of carbonyl (C=O) groups excluding carboxylic acids is 1. The van der Waals surface area contributed by atoms with Crippen LogP contribution < -0.4 is 14.8 Å². The van der Waals surface area contributed by atoms with Gasteiger partial charge in [-0.3, -0.25) is 9.20 Å². The second-order valence-electron chi connectivity index (χ2n) is 6.24. The van der Waals surface area contributed by atoms with Crippen molar-refractivity contribution in [3.8, 4) is 33.9 Å². The van der Waals surface area contributed by atoms with Crippen LogP contribution in [-0.4, -0.2) is 29.5 Å². The Morgan fingerprint density at radius 2 is 1.89 bits per heavy atom. The number of nitrogens with zero attached hydrogens (tertiary/aromatic N) is 2. The van der Waals surface area contributed by atoms with E-state index >= 15 is 0 Å². The predicted molar refractivity (Wildman–Crippen MR) is 111 cm³/mol. The molecular weight excluding hydrogens is 374 g/mol. The second kappa shape index (κ2) is 7.36. The molecule has 1 amide bonds. The van der Waals surface area contributed by atoms with Crippen molar-refractivity contribution in [2.45, 2.75) is 6.92 Å². The second-order valence-corrected chi connectivity index (χ2v) is 7.02. The molecule has 0 unspecified atom stereocenters. The Kier molecular flexibility index (Phi) is 4.75. The van der Waals surface area contributed by atoms with Crippen LogP contribution in [0.3, 0.4) is 0 Å². The van der Waals surface area contributed by atoms with E-state index in [0.717, 1.165) is 22.4 Å². The maximum absolute atomic E-state index is 11.7. The van der Waals surface area contributed by atoms with Gasteiger partial charge in [0.25, 0.3) is 0 Å². The molecule has 0 radical (unpaired) electrons. The number of amides is 1. The molecule has 0 saturated carbocycles. The predicted octanol–water partition coefficient (Wildman–Crippen LogP) is 4.71. The summed E-state index contributed by atoms with van der Waals surface area (Å²) in [5, 5.41) is 7.00. The number of pyridine rings is 1. The number of carbonyl (C=O) groups is 1. The number of anilines is 1. The van der Waals surface area contributed by atoms with Gasteiger partial charge in [0, 0.05) is 24.2 Å². The maximum Gasteiger partial charge on any atom is 0.221 e. The number of rotatable bonds is 5. The van der Waals surface area contributed by atoms with E-state index < -0.39 is 0 Å². The molecule has 0 atom stereocenters. The van der Waals surface area contributed by atoms with Crippen LogP contribution in [0.4, 0.5) is 5.69 Å². The topological polar surface area (TPSA) is 64.9 Å². The number of fused-ring (bicyclic) bond motifs is 1. The largest absolute Gasteiger partial charge is 0.493 e. The van der Waals surface area contributed by atoms with Gasteiger partial charge >= 0.3 is 0 Å². The van der Waals surface area contributed by atoms with Crippen molar-refractivity contribution >= 4 is 28.6 Å². The smallest absolute Gasteiger partial charge is 0.221 e. The van der Waals surface area contributed by atoms with Crippen LogP contribution in [0.5, 0.6) is 11.5 Å². The van der Waals surface area contributed by atoms with Gasteiger partial charge in [-0.2, -0.15) is 11.3 Å². The molecule has 142 valence electrons.